The summed E-state index contributed by atoms with van der Waals surface area (Å²) in [6.07, 6.45) is 10.2. The molecule has 2 N–H and O–H groups in total. The van der Waals surface area contributed by atoms with Gasteiger partial charge in [0.15, 0.2) is 0 Å². The number of hydrogen-bond acceptors (Lipinski definition) is 3. The van der Waals surface area contributed by atoms with Crippen molar-refractivity contribution in [3.8, 4) is 0 Å². The molecule has 0 atom stereocenters. The molecule has 18 heavy (non-hydrogen) atoms. The monoisotopic (exact) mass is 243 g/mol. The van der Waals surface area contributed by atoms with Gasteiger partial charge in [-0.25, -0.2) is 9.97 Å². The van der Waals surface area contributed by atoms with E-state index in [9.17, 15) is 0 Å². The fourth-order valence-electron chi connectivity index (χ4n) is 5.10. The molecule has 4 bridgehead atoms. The van der Waals surface area contributed by atoms with E-state index >= 15 is 0 Å². The first-order valence-electron chi connectivity index (χ1n) is 7.24. The summed E-state index contributed by atoms with van der Waals surface area (Å²) in [5.41, 5.74) is 7.27. The Bertz CT molecular complexity index is 459. The Morgan fingerprint density at radius 3 is 2.17 bits per heavy atom. The van der Waals surface area contributed by atoms with Gasteiger partial charge in [0.2, 0.25) is 0 Å². The maximum atomic E-state index is 5.99. The Hall–Kier alpha value is -1.12. The van der Waals surface area contributed by atoms with Crippen molar-refractivity contribution >= 4 is 5.82 Å². The average molecular weight is 243 g/mol. The summed E-state index contributed by atoms with van der Waals surface area (Å²) < 4.78 is 0. The van der Waals surface area contributed by atoms with Crippen molar-refractivity contribution in [3.05, 3.63) is 17.6 Å². The maximum absolute atomic E-state index is 5.99. The molecule has 4 fully saturated rings. The van der Waals surface area contributed by atoms with Crippen LogP contribution in [0.4, 0.5) is 5.82 Å². The highest BCUT2D eigenvalue weighted by atomic mass is 15.0. The molecule has 0 amide bonds. The summed E-state index contributed by atoms with van der Waals surface area (Å²) in [4.78, 5) is 9.27. The lowest BCUT2D eigenvalue weighted by atomic mass is 9.49. The molecule has 1 aromatic heterocycles. The lowest BCUT2D eigenvalue weighted by molar-refractivity contribution is -0.00934. The van der Waals surface area contributed by atoms with E-state index in [0.717, 1.165) is 29.1 Å². The first kappa shape index (κ1) is 10.8. The minimum atomic E-state index is 0.274. The van der Waals surface area contributed by atoms with Crippen molar-refractivity contribution in [2.75, 3.05) is 5.73 Å². The second-order valence-electron chi connectivity index (χ2n) is 6.96. The van der Waals surface area contributed by atoms with Gasteiger partial charge in [-0.05, 0) is 63.2 Å². The third-order valence-corrected chi connectivity index (χ3v) is 5.52. The zero-order valence-corrected chi connectivity index (χ0v) is 11.0. The normalized spacial score (nSPS) is 41.3. The minimum absolute atomic E-state index is 0.274. The number of nitrogens with two attached hydrogens (primary N) is 1. The van der Waals surface area contributed by atoms with Crippen molar-refractivity contribution in [1.82, 2.24) is 9.97 Å². The van der Waals surface area contributed by atoms with Gasteiger partial charge in [0, 0.05) is 17.2 Å². The van der Waals surface area contributed by atoms with Crippen LogP contribution in [-0.2, 0) is 5.41 Å². The summed E-state index contributed by atoms with van der Waals surface area (Å²) in [5, 5.41) is 0. The quantitative estimate of drug-likeness (QED) is 0.825. The van der Waals surface area contributed by atoms with Gasteiger partial charge in [-0.2, -0.15) is 0 Å². The number of aryl methyl sites for hydroxylation is 1. The summed E-state index contributed by atoms with van der Waals surface area (Å²) >= 11 is 0. The first-order valence-corrected chi connectivity index (χ1v) is 7.24. The van der Waals surface area contributed by atoms with Gasteiger partial charge in [0.05, 0.1) is 0 Å². The number of nitrogens with zero attached hydrogens (tertiary/aromatic N) is 2. The van der Waals surface area contributed by atoms with Gasteiger partial charge in [0.25, 0.3) is 0 Å². The Labute approximate surface area is 108 Å². The molecule has 0 radical (unpaired) electrons. The molecule has 5 rings (SSSR count). The number of anilines is 1. The number of aromatic nitrogens is 2. The molecule has 3 nitrogen and oxygen atoms in total. The zero-order valence-electron chi connectivity index (χ0n) is 11.0. The highest BCUT2D eigenvalue weighted by Gasteiger charge is 2.53. The number of hydrogen-bond donors (Lipinski definition) is 1. The van der Waals surface area contributed by atoms with Gasteiger partial charge < -0.3 is 5.73 Å². The standard InChI is InChI=1S/C15H21N3/c1-9-8-17-14(18-13(9)16)15-5-10-2-11(6-15)4-12(3-10)7-15/h8,10-12H,2-7H2,1H3,(H2,16,17,18). The van der Waals surface area contributed by atoms with Crippen LogP contribution < -0.4 is 5.73 Å². The largest absolute Gasteiger partial charge is 0.383 e. The van der Waals surface area contributed by atoms with Crippen molar-refractivity contribution in [3.63, 3.8) is 0 Å². The molecular weight excluding hydrogens is 222 g/mol. The van der Waals surface area contributed by atoms with E-state index in [1.165, 1.54) is 38.5 Å². The van der Waals surface area contributed by atoms with Gasteiger partial charge in [-0.1, -0.05) is 0 Å². The molecule has 4 aliphatic rings. The summed E-state index contributed by atoms with van der Waals surface area (Å²) in [6.45, 7) is 1.98. The third-order valence-electron chi connectivity index (χ3n) is 5.52. The lowest BCUT2D eigenvalue weighted by Crippen LogP contribution is -2.49. The molecule has 0 spiro atoms. The van der Waals surface area contributed by atoms with Gasteiger partial charge in [-0.15, -0.1) is 0 Å². The molecule has 0 aliphatic heterocycles. The smallest absolute Gasteiger partial charge is 0.136 e. The SMILES string of the molecule is Cc1cnc(C23CC4CC(CC(C4)C2)C3)nc1N. The summed E-state index contributed by atoms with van der Waals surface area (Å²) in [5.74, 6) is 4.52. The van der Waals surface area contributed by atoms with Crippen LogP contribution in [0.3, 0.4) is 0 Å². The Kier molecular flexibility index (Phi) is 2.07. The molecule has 96 valence electrons. The fourth-order valence-corrected chi connectivity index (χ4v) is 5.10. The van der Waals surface area contributed by atoms with E-state index in [-0.39, 0.29) is 5.41 Å². The lowest BCUT2D eigenvalue weighted by Gasteiger charge is -2.55. The summed E-state index contributed by atoms with van der Waals surface area (Å²) in [7, 11) is 0. The number of nitrogen functional groups attached to an aromatic ring is 1. The second kappa shape index (κ2) is 3.46. The topological polar surface area (TPSA) is 51.8 Å². The minimum Gasteiger partial charge on any atom is -0.383 e. The van der Waals surface area contributed by atoms with E-state index in [2.05, 4.69) is 9.97 Å². The molecule has 4 saturated carbocycles. The van der Waals surface area contributed by atoms with Crippen LogP contribution in [0.5, 0.6) is 0 Å². The molecule has 1 heterocycles. The number of rotatable bonds is 1. The first-order chi connectivity index (χ1) is 8.64. The van der Waals surface area contributed by atoms with Crippen LogP contribution in [0.2, 0.25) is 0 Å². The predicted molar refractivity (Wildman–Crippen MR) is 71.0 cm³/mol. The van der Waals surface area contributed by atoms with Crippen molar-refractivity contribution < 1.29 is 0 Å². The van der Waals surface area contributed by atoms with Crippen LogP contribution in [0.25, 0.3) is 0 Å². The molecule has 0 unspecified atom stereocenters. The van der Waals surface area contributed by atoms with E-state index < -0.39 is 0 Å². The highest BCUT2D eigenvalue weighted by molar-refractivity contribution is 5.37. The molecule has 1 aromatic rings. The maximum Gasteiger partial charge on any atom is 0.136 e. The molecular formula is C15H21N3. The van der Waals surface area contributed by atoms with Crippen molar-refractivity contribution in [2.24, 2.45) is 17.8 Å². The molecule has 0 saturated heterocycles. The van der Waals surface area contributed by atoms with E-state index in [1.807, 2.05) is 13.1 Å². The average Bonchev–Trinajstić information content (AvgIpc) is 2.31. The van der Waals surface area contributed by atoms with Crippen LogP contribution in [0, 0.1) is 24.7 Å². The summed E-state index contributed by atoms with van der Waals surface area (Å²) in [6, 6.07) is 0. The van der Waals surface area contributed by atoms with E-state index in [0.29, 0.717) is 5.82 Å². The van der Waals surface area contributed by atoms with Gasteiger partial charge in [-0.3, -0.25) is 0 Å². The molecule has 3 heteroatoms. The molecule has 4 aliphatic carbocycles. The predicted octanol–water partition coefficient (Wildman–Crippen LogP) is 2.84. The van der Waals surface area contributed by atoms with Crippen molar-refractivity contribution in [2.45, 2.75) is 50.9 Å². The van der Waals surface area contributed by atoms with Crippen LogP contribution in [0.1, 0.15) is 49.9 Å². The Morgan fingerprint density at radius 1 is 1.11 bits per heavy atom. The van der Waals surface area contributed by atoms with Crippen molar-refractivity contribution in [1.29, 1.82) is 0 Å². The second-order valence-corrected chi connectivity index (χ2v) is 6.96. The highest BCUT2D eigenvalue weighted by Crippen LogP contribution is 2.60. The van der Waals surface area contributed by atoms with E-state index in [1.54, 1.807) is 0 Å². The Balaban J connectivity index is 1.76. The Morgan fingerprint density at radius 2 is 1.67 bits per heavy atom. The van der Waals surface area contributed by atoms with Crippen LogP contribution >= 0.6 is 0 Å². The van der Waals surface area contributed by atoms with E-state index in [4.69, 9.17) is 5.73 Å². The zero-order chi connectivity index (χ0) is 12.3. The van der Waals surface area contributed by atoms with Crippen LogP contribution in [0.15, 0.2) is 6.20 Å². The van der Waals surface area contributed by atoms with Gasteiger partial charge >= 0.3 is 0 Å². The fraction of sp³-hybridized carbons (Fsp3) is 0.733. The third kappa shape index (κ3) is 1.42. The molecule has 0 aromatic carbocycles. The van der Waals surface area contributed by atoms with Gasteiger partial charge in [0.1, 0.15) is 11.6 Å². The van der Waals surface area contributed by atoms with Crippen LogP contribution in [-0.4, -0.2) is 9.97 Å².